The number of ether oxygens (including phenoxy) is 1. The molecule has 6 nitrogen and oxygen atoms in total. The van der Waals surface area contributed by atoms with Gasteiger partial charge in [-0.2, -0.15) is 0 Å². The van der Waals surface area contributed by atoms with Crippen LogP contribution in [0.25, 0.3) is 0 Å². The minimum atomic E-state index is -0.142. The van der Waals surface area contributed by atoms with Crippen molar-refractivity contribution < 1.29 is 9.13 Å². The first kappa shape index (κ1) is 25.4. The largest absolute Gasteiger partial charge is 0.405 e. The predicted octanol–water partition coefficient (Wildman–Crippen LogP) is 3.94. The summed E-state index contributed by atoms with van der Waals surface area (Å²) in [4.78, 5) is 2.24. The first-order valence-electron chi connectivity index (χ1n) is 12.6. The molecule has 1 aromatic carbocycles. The lowest BCUT2D eigenvalue weighted by atomic mass is 9.82. The maximum absolute atomic E-state index is 13.6. The first-order valence-corrected chi connectivity index (χ1v) is 13.4. The molecule has 0 spiro atoms. The van der Waals surface area contributed by atoms with E-state index in [4.69, 9.17) is 16.2 Å². The molecule has 2 unspecified atom stereocenters. The van der Waals surface area contributed by atoms with Crippen molar-refractivity contribution in [3.63, 3.8) is 0 Å². The fourth-order valence-corrected chi connectivity index (χ4v) is 6.54. The van der Waals surface area contributed by atoms with Gasteiger partial charge < -0.3 is 21.1 Å². The number of piperidine rings is 1. The average molecular weight is 490 g/mol. The highest BCUT2D eigenvalue weighted by atomic mass is 32.2. The summed E-state index contributed by atoms with van der Waals surface area (Å²) in [6.07, 6.45) is 10.6. The zero-order valence-electron chi connectivity index (χ0n) is 20.2. The highest BCUT2D eigenvalue weighted by Crippen LogP contribution is 2.35. The van der Waals surface area contributed by atoms with E-state index in [9.17, 15) is 4.39 Å². The Balaban J connectivity index is 1.29. The lowest BCUT2D eigenvalue weighted by Gasteiger charge is -2.42. The molecule has 0 radical (unpaired) electrons. The van der Waals surface area contributed by atoms with Crippen LogP contribution in [0.5, 0.6) is 0 Å². The lowest BCUT2D eigenvalue weighted by molar-refractivity contribution is -0.0136. The molecule has 4 rings (SSSR count). The molecular formula is C26H40FN5OS. The third-order valence-electron chi connectivity index (χ3n) is 7.38. The van der Waals surface area contributed by atoms with Crippen molar-refractivity contribution in [3.05, 3.63) is 59.8 Å². The Kier molecular flexibility index (Phi) is 9.17. The molecule has 2 saturated heterocycles. The molecule has 1 aliphatic carbocycles. The van der Waals surface area contributed by atoms with Crippen LogP contribution in [0.15, 0.2) is 48.4 Å². The van der Waals surface area contributed by atoms with Gasteiger partial charge in [0.15, 0.2) is 0 Å². The van der Waals surface area contributed by atoms with Crippen molar-refractivity contribution in [2.24, 2.45) is 23.3 Å². The van der Waals surface area contributed by atoms with Crippen LogP contribution in [0.2, 0.25) is 0 Å². The molecule has 1 aromatic rings. The third-order valence-corrected chi connectivity index (χ3v) is 8.35. The van der Waals surface area contributed by atoms with Crippen LogP contribution in [0.1, 0.15) is 50.5 Å². The van der Waals surface area contributed by atoms with Crippen LogP contribution < -0.4 is 16.2 Å². The van der Waals surface area contributed by atoms with Crippen LogP contribution in [-0.4, -0.2) is 54.1 Å². The summed E-state index contributed by atoms with van der Waals surface area (Å²) in [5.41, 5.74) is 12.9. The van der Waals surface area contributed by atoms with E-state index in [1.807, 2.05) is 12.1 Å². The zero-order chi connectivity index (χ0) is 23.9. The number of benzene rings is 1. The minimum absolute atomic E-state index is 0.142. The molecule has 0 amide bonds. The Bertz CT molecular complexity index is 838. The summed E-state index contributed by atoms with van der Waals surface area (Å²) < 4.78 is 26.2. The first-order chi connectivity index (χ1) is 16.5. The maximum atomic E-state index is 13.6. The monoisotopic (exact) mass is 489 g/mol. The molecule has 2 heterocycles. The molecule has 188 valence electrons. The molecule has 8 heteroatoms. The van der Waals surface area contributed by atoms with Gasteiger partial charge in [-0.25, -0.2) is 13.4 Å². The van der Waals surface area contributed by atoms with Gasteiger partial charge in [-0.3, -0.25) is 0 Å². The van der Waals surface area contributed by atoms with Gasteiger partial charge in [0, 0.05) is 50.3 Å². The number of nitrogens with zero attached hydrogens (tertiary/aromatic N) is 2. The Labute approximate surface area is 208 Å². The van der Waals surface area contributed by atoms with Gasteiger partial charge in [0.25, 0.3) is 0 Å². The number of rotatable bonds is 9. The van der Waals surface area contributed by atoms with Crippen molar-refractivity contribution >= 4 is 12.1 Å². The van der Waals surface area contributed by atoms with Crippen molar-refractivity contribution in [2.45, 2.75) is 57.1 Å². The quantitative estimate of drug-likeness (QED) is 0.358. The molecule has 0 aromatic heterocycles. The highest BCUT2D eigenvalue weighted by Gasteiger charge is 2.33. The molecule has 3 aliphatic rings. The zero-order valence-corrected chi connectivity index (χ0v) is 21.1. The molecule has 3 fully saturated rings. The smallest absolute Gasteiger partial charge is 0.123 e. The fraction of sp³-hybridized carbons (Fsp3) is 0.615. The van der Waals surface area contributed by atoms with E-state index < -0.39 is 0 Å². The molecule has 2 aliphatic heterocycles. The van der Waals surface area contributed by atoms with E-state index in [1.54, 1.807) is 24.3 Å². The van der Waals surface area contributed by atoms with Gasteiger partial charge in [0.2, 0.25) is 0 Å². The number of nitrogens with two attached hydrogens (primary N) is 2. The second-order valence-electron chi connectivity index (χ2n) is 10.1. The number of halogens is 1. The summed E-state index contributed by atoms with van der Waals surface area (Å²) in [5, 5.41) is 0. The van der Waals surface area contributed by atoms with Crippen LogP contribution in [-0.2, 0) is 4.74 Å². The van der Waals surface area contributed by atoms with Crippen LogP contribution in [0.4, 0.5) is 4.39 Å². The van der Waals surface area contributed by atoms with Crippen molar-refractivity contribution in [1.82, 2.24) is 13.9 Å². The standard InChI is InChI=1S/C26H40FN5OS/c1-19-15-32(16-19)34-30-25-11-13-31(26(29)6-3-12-28)17-22(25)18-33-24-9-7-20(8-10-24)21-4-2-5-23(27)14-21/h2-6,12,14,19-20,22,24-25,30H,7-11,13,15-18,28-29H2,1H3/b12-3-,26-6+/t20-,22?,24+,25?. The predicted molar refractivity (Wildman–Crippen MR) is 138 cm³/mol. The van der Waals surface area contributed by atoms with Crippen molar-refractivity contribution in [3.8, 4) is 0 Å². The Morgan fingerprint density at radius 2 is 2.00 bits per heavy atom. The summed E-state index contributed by atoms with van der Waals surface area (Å²) in [6, 6.07) is 7.46. The maximum Gasteiger partial charge on any atom is 0.123 e. The second kappa shape index (κ2) is 12.3. The average Bonchev–Trinajstić information content (AvgIpc) is 2.83. The van der Waals surface area contributed by atoms with Gasteiger partial charge in [-0.1, -0.05) is 19.1 Å². The van der Waals surface area contributed by atoms with Gasteiger partial charge >= 0.3 is 0 Å². The molecule has 2 atom stereocenters. The lowest BCUT2D eigenvalue weighted by Crippen LogP contribution is -2.52. The molecule has 5 N–H and O–H groups in total. The van der Waals surface area contributed by atoms with Gasteiger partial charge in [0.1, 0.15) is 5.82 Å². The van der Waals surface area contributed by atoms with E-state index >= 15 is 0 Å². The number of hydrogen-bond donors (Lipinski definition) is 3. The van der Waals surface area contributed by atoms with E-state index in [1.165, 1.54) is 12.3 Å². The molecule has 34 heavy (non-hydrogen) atoms. The molecular weight excluding hydrogens is 449 g/mol. The summed E-state index contributed by atoms with van der Waals surface area (Å²) in [7, 11) is 0. The van der Waals surface area contributed by atoms with Gasteiger partial charge in [0.05, 0.1) is 18.5 Å². The number of nitrogens with one attached hydrogen (secondary N) is 1. The van der Waals surface area contributed by atoms with E-state index in [-0.39, 0.29) is 11.9 Å². The van der Waals surface area contributed by atoms with Crippen molar-refractivity contribution in [1.29, 1.82) is 0 Å². The summed E-state index contributed by atoms with van der Waals surface area (Å²) >= 11 is 1.77. The van der Waals surface area contributed by atoms with E-state index in [0.29, 0.717) is 17.9 Å². The topological polar surface area (TPSA) is 79.8 Å². The second-order valence-corrected chi connectivity index (χ2v) is 11.0. The molecule has 0 bridgehead atoms. The summed E-state index contributed by atoms with van der Waals surface area (Å²) in [5.74, 6) is 2.20. The summed E-state index contributed by atoms with van der Waals surface area (Å²) in [6.45, 7) is 7.10. The number of allylic oxidation sites excluding steroid dienone is 2. The number of likely N-dealkylation sites (tertiary alicyclic amines) is 1. The normalized spacial score (nSPS) is 29.5. The van der Waals surface area contributed by atoms with Crippen LogP contribution in [0, 0.1) is 17.7 Å². The van der Waals surface area contributed by atoms with Gasteiger partial charge in [-0.15, -0.1) is 0 Å². The fourth-order valence-electron chi connectivity index (χ4n) is 5.29. The Morgan fingerprint density at radius 3 is 2.71 bits per heavy atom. The van der Waals surface area contributed by atoms with E-state index in [0.717, 1.165) is 82.2 Å². The Morgan fingerprint density at radius 1 is 1.21 bits per heavy atom. The highest BCUT2D eigenvalue weighted by molar-refractivity contribution is 7.95. The van der Waals surface area contributed by atoms with Crippen molar-refractivity contribution in [2.75, 3.05) is 32.8 Å². The van der Waals surface area contributed by atoms with Gasteiger partial charge in [-0.05, 0) is 80.0 Å². The van der Waals surface area contributed by atoms with Crippen LogP contribution in [0.3, 0.4) is 0 Å². The molecule has 1 saturated carbocycles. The Hall–Kier alpha value is -1.74. The SMILES string of the molecule is CC1CN(SNC2CCN(/C(N)=C/C=C\N)CC2CO[C@H]2CC[C@@H](c3cccc(F)c3)CC2)C1. The van der Waals surface area contributed by atoms with E-state index in [2.05, 4.69) is 26.9 Å². The minimum Gasteiger partial charge on any atom is -0.405 e. The number of hydrogen-bond acceptors (Lipinski definition) is 7. The van der Waals surface area contributed by atoms with Crippen LogP contribution >= 0.6 is 12.1 Å². The third kappa shape index (κ3) is 6.90.